The highest BCUT2D eigenvalue weighted by atomic mass is 32.2. The zero-order valence-corrected chi connectivity index (χ0v) is 11.5. The van der Waals surface area contributed by atoms with Crippen molar-refractivity contribution in [1.82, 2.24) is 4.31 Å². The molecule has 1 aromatic carbocycles. The van der Waals surface area contributed by atoms with Crippen molar-refractivity contribution in [1.29, 1.82) is 0 Å². The second-order valence-corrected chi connectivity index (χ2v) is 6.90. The molecule has 1 aliphatic heterocycles. The summed E-state index contributed by atoms with van der Waals surface area (Å²) < 4.78 is 26.5. The molecule has 1 atom stereocenters. The maximum atomic E-state index is 12.4. The number of hydrogen-bond acceptors (Lipinski definition) is 3. The molecule has 18 heavy (non-hydrogen) atoms. The molecule has 1 aromatic rings. The Morgan fingerprint density at radius 1 is 1.33 bits per heavy atom. The van der Waals surface area contributed by atoms with Crippen molar-refractivity contribution >= 4 is 10.0 Å². The van der Waals surface area contributed by atoms with Gasteiger partial charge in [0.05, 0.1) is 4.90 Å². The lowest BCUT2D eigenvalue weighted by Gasteiger charge is -2.30. The van der Waals surface area contributed by atoms with Crippen LogP contribution in [0.5, 0.6) is 0 Å². The fourth-order valence-electron chi connectivity index (χ4n) is 2.31. The van der Waals surface area contributed by atoms with Crippen LogP contribution >= 0.6 is 0 Å². The van der Waals surface area contributed by atoms with Gasteiger partial charge in [-0.3, -0.25) is 0 Å². The Balaban J connectivity index is 2.23. The predicted octanol–water partition coefficient (Wildman–Crippen LogP) is 1.57. The molecule has 0 radical (unpaired) electrons. The minimum absolute atomic E-state index is 0.369. The minimum atomic E-state index is -3.33. The van der Waals surface area contributed by atoms with Crippen LogP contribution in [0.4, 0.5) is 0 Å². The molecule has 0 aliphatic carbocycles. The average Bonchev–Trinajstić information content (AvgIpc) is 2.39. The lowest BCUT2D eigenvalue weighted by atomic mass is 10.0. The Bertz CT molecular complexity index is 496. The monoisotopic (exact) mass is 268 g/mol. The van der Waals surface area contributed by atoms with E-state index in [-0.39, 0.29) is 0 Å². The Labute approximate surface area is 109 Å². The SMILES string of the molecule is C[C@H]1CCCN(S(=O)(=O)c2ccc(CN)cc2)C1. The molecule has 1 aliphatic rings. The zero-order chi connectivity index (χ0) is 13.2. The van der Waals surface area contributed by atoms with Crippen molar-refractivity contribution < 1.29 is 8.42 Å². The van der Waals surface area contributed by atoms with Gasteiger partial charge in [-0.2, -0.15) is 4.31 Å². The fraction of sp³-hybridized carbons (Fsp3) is 0.538. The van der Waals surface area contributed by atoms with Gasteiger partial charge in [-0.1, -0.05) is 19.1 Å². The van der Waals surface area contributed by atoms with Crippen LogP contribution in [0.15, 0.2) is 29.2 Å². The van der Waals surface area contributed by atoms with E-state index in [2.05, 4.69) is 6.92 Å². The van der Waals surface area contributed by atoms with E-state index < -0.39 is 10.0 Å². The van der Waals surface area contributed by atoms with Crippen LogP contribution in [0, 0.1) is 5.92 Å². The molecule has 0 saturated carbocycles. The van der Waals surface area contributed by atoms with Crippen LogP contribution in [0.3, 0.4) is 0 Å². The first kappa shape index (κ1) is 13.5. The zero-order valence-electron chi connectivity index (χ0n) is 10.7. The number of piperidine rings is 1. The molecule has 2 N–H and O–H groups in total. The topological polar surface area (TPSA) is 63.4 Å². The number of sulfonamides is 1. The molecule has 4 nitrogen and oxygen atoms in total. The highest BCUT2D eigenvalue weighted by Gasteiger charge is 2.28. The highest BCUT2D eigenvalue weighted by molar-refractivity contribution is 7.89. The molecule has 0 bridgehead atoms. The summed E-state index contributed by atoms with van der Waals surface area (Å²) in [4.78, 5) is 0.369. The molecule has 0 aromatic heterocycles. The molecule has 2 rings (SSSR count). The summed E-state index contributed by atoms with van der Waals surface area (Å²) in [5, 5.41) is 0. The summed E-state index contributed by atoms with van der Waals surface area (Å²) in [5.41, 5.74) is 6.46. The van der Waals surface area contributed by atoms with Crippen LogP contribution in [0.25, 0.3) is 0 Å². The maximum absolute atomic E-state index is 12.4. The van der Waals surface area contributed by atoms with E-state index in [0.29, 0.717) is 30.4 Å². The predicted molar refractivity (Wildman–Crippen MR) is 71.5 cm³/mol. The third kappa shape index (κ3) is 2.74. The van der Waals surface area contributed by atoms with Crippen LogP contribution < -0.4 is 5.73 Å². The summed E-state index contributed by atoms with van der Waals surface area (Å²) in [7, 11) is -3.33. The van der Waals surface area contributed by atoms with Crippen molar-refractivity contribution in [3.8, 4) is 0 Å². The summed E-state index contributed by atoms with van der Waals surface area (Å²) in [6.07, 6.45) is 2.05. The molecule has 1 fully saturated rings. The molecule has 0 spiro atoms. The average molecular weight is 268 g/mol. The summed E-state index contributed by atoms with van der Waals surface area (Å²) in [6, 6.07) is 6.86. The van der Waals surface area contributed by atoms with E-state index in [4.69, 9.17) is 5.73 Å². The van der Waals surface area contributed by atoms with Crippen molar-refractivity contribution in [2.45, 2.75) is 31.2 Å². The lowest BCUT2D eigenvalue weighted by molar-refractivity contribution is 0.281. The van der Waals surface area contributed by atoms with E-state index >= 15 is 0 Å². The molecule has 0 amide bonds. The van der Waals surface area contributed by atoms with Gasteiger partial charge >= 0.3 is 0 Å². The Hall–Kier alpha value is -0.910. The Kier molecular flexibility index (Phi) is 4.04. The smallest absolute Gasteiger partial charge is 0.243 e. The first-order valence-electron chi connectivity index (χ1n) is 6.33. The van der Waals surface area contributed by atoms with Gasteiger partial charge < -0.3 is 5.73 Å². The van der Waals surface area contributed by atoms with Gasteiger partial charge in [-0.05, 0) is 36.5 Å². The summed E-state index contributed by atoms with van der Waals surface area (Å²) >= 11 is 0. The molecular weight excluding hydrogens is 248 g/mol. The van der Waals surface area contributed by atoms with Gasteiger partial charge in [0.2, 0.25) is 10.0 Å². The van der Waals surface area contributed by atoms with Crippen molar-refractivity contribution in [3.63, 3.8) is 0 Å². The van der Waals surface area contributed by atoms with E-state index in [9.17, 15) is 8.42 Å². The van der Waals surface area contributed by atoms with Crippen molar-refractivity contribution in [3.05, 3.63) is 29.8 Å². The van der Waals surface area contributed by atoms with Gasteiger partial charge in [-0.25, -0.2) is 8.42 Å². The van der Waals surface area contributed by atoms with Crippen LogP contribution in [-0.2, 0) is 16.6 Å². The highest BCUT2D eigenvalue weighted by Crippen LogP contribution is 2.23. The normalized spacial score (nSPS) is 22.0. The van der Waals surface area contributed by atoms with Gasteiger partial charge in [0.1, 0.15) is 0 Å². The van der Waals surface area contributed by atoms with Crippen LogP contribution in [0.1, 0.15) is 25.3 Å². The number of nitrogens with two attached hydrogens (primary N) is 1. The van der Waals surface area contributed by atoms with Crippen LogP contribution in [0.2, 0.25) is 0 Å². The fourth-order valence-corrected chi connectivity index (χ4v) is 3.91. The Morgan fingerprint density at radius 3 is 2.56 bits per heavy atom. The summed E-state index contributed by atoms with van der Waals surface area (Å²) in [5.74, 6) is 0.442. The number of benzene rings is 1. The second kappa shape index (κ2) is 5.38. The largest absolute Gasteiger partial charge is 0.326 e. The van der Waals surface area contributed by atoms with E-state index in [1.807, 2.05) is 0 Å². The van der Waals surface area contributed by atoms with Crippen molar-refractivity contribution in [2.24, 2.45) is 11.7 Å². The minimum Gasteiger partial charge on any atom is -0.326 e. The first-order valence-corrected chi connectivity index (χ1v) is 7.77. The number of rotatable bonds is 3. The number of hydrogen-bond donors (Lipinski definition) is 1. The molecule has 100 valence electrons. The molecule has 0 unspecified atom stereocenters. The van der Waals surface area contributed by atoms with Gasteiger partial charge in [0.25, 0.3) is 0 Å². The van der Waals surface area contributed by atoms with Gasteiger partial charge in [0.15, 0.2) is 0 Å². The van der Waals surface area contributed by atoms with Gasteiger partial charge in [0, 0.05) is 19.6 Å². The standard InChI is InChI=1S/C13H20N2O2S/c1-11-3-2-8-15(10-11)18(16,17)13-6-4-12(9-14)5-7-13/h4-7,11H,2-3,8-10,14H2,1H3/t11-/m0/s1. The molecule has 1 heterocycles. The maximum Gasteiger partial charge on any atom is 0.243 e. The van der Waals surface area contributed by atoms with Crippen LogP contribution in [-0.4, -0.2) is 25.8 Å². The van der Waals surface area contributed by atoms with E-state index in [0.717, 1.165) is 18.4 Å². The summed E-state index contributed by atoms with van der Waals surface area (Å²) in [6.45, 7) is 3.78. The number of nitrogens with zero attached hydrogens (tertiary/aromatic N) is 1. The van der Waals surface area contributed by atoms with E-state index in [1.54, 1.807) is 28.6 Å². The Morgan fingerprint density at radius 2 is 2.00 bits per heavy atom. The molecule has 5 heteroatoms. The van der Waals surface area contributed by atoms with E-state index in [1.165, 1.54) is 0 Å². The molecular formula is C13H20N2O2S. The first-order chi connectivity index (χ1) is 8.54. The third-order valence-electron chi connectivity index (χ3n) is 3.42. The van der Waals surface area contributed by atoms with Crippen molar-refractivity contribution in [2.75, 3.05) is 13.1 Å². The van der Waals surface area contributed by atoms with Gasteiger partial charge in [-0.15, -0.1) is 0 Å². The second-order valence-electron chi connectivity index (χ2n) is 4.96. The quantitative estimate of drug-likeness (QED) is 0.905. The molecule has 1 saturated heterocycles. The lowest BCUT2D eigenvalue weighted by Crippen LogP contribution is -2.39. The third-order valence-corrected chi connectivity index (χ3v) is 5.30.